The van der Waals surface area contributed by atoms with Crippen molar-refractivity contribution in [2.45, 2.75) is 25.8 Å². The predicted molar refractivity (Wildman–Crippen MR) is 114 cm³/mol. The molecule has 0 aliphatic carbocycles. The third-order valence-electron chi connectivity index (χ3n) is 5.31. The molecule has 1 amide bonds. The molecule has 1 fully saturated rings. The van der Waals surface area contributed by atoms with E-state index in [1.165, 1.54) is 0 Å². The van der Waals surface area contributed by atoms with Crippen molar-refractivity contribution in [3.8, 4) is 5.75 Å². The quantitative estimate of drug-likeness (QED) is 0.696. The number of methoxy groups -OCH3 is 1. The second-order valence-electron chi connectivity index (χ2n) is 7.26. The van der Waals surface area contributed by atoms with Crippen molar-refractivity contribution in [2.24, 2.45) is 5.92 Å². The van der Waals surface area contributed by atoms with Crippen LogP contribution in [0.15, 0.2) is 48.5 Å². The monoisotopic (exact) mass is 395 g/mol. The van der Waals surface area contributed by atoms with Gasteiger partial charge >= 0.3 is 0 Å². The lowest BCUT2D eigenvalue weighted by Crippen LogP contribution is -2.43. The molecular weight excluding hydrogens is 370 g/mol. The summed E-state index contributed by atoms with van der Waals surface area (Å²) in [6, 6.07) is 16.1. The zero-order valence-electron chi connectivity index (χ0n) is 16.2. The Labute approximate surface area is 169 Å². The molecule has 0 unspecified atom stereocenters. The number of nitrogens with one attached hydrogen (secondary N) is 1. The van der Waals surface area contributed by atoms with E-state index in [0.29, 0.717) is 6.54 Å². The Morgan fingerprint density at radius 1 is 1.29 bits per heavy atom. The molecule has 28 heavy (non-hydrogen) atoms. The average Bonchev–Trinajstić information content (AvgIpc) is 3.17. The number of rotatable bonds is 5. The summed E-state index contributed by atoms with van der Waals surface area (Å²) in [6.07, 6.45) is 1.92. The number of fused-ring (bicyclic) bond motifs is 1. The van der Waals surface area contributed by atoms with Crippen LogP contribution in [-0.2, 0) is 4.79 Å². The first kappa shape index (κ1) is 18.7. The summed E-state index contributed by atoms with van der Waals surface area (Å²) in [5.74, 6) is 0.957. The number of anilines is 1. The maximum atomic E-state index is 12.8. The van der Waals surface area contributed by atoms with E-state index in [1.54, 1.807) is 18.4 Å². The van der Waals surface area contributed by atoms with E-state index < -0.39 is 0 Å². The molecular formula is C22H25N3O2S. The molecule has 1 saturated heterocycles. The number of nitrogens with zero attached hydrogens (tertiary/aromatic N) is 2. The van der Waals surface area contributed by atoms with Crippen molar-refractivity contribution in [2.75, 3.05) is 25.1 Å². The Bertz CT molecular complexity index is 957. The molecule has 6 heteroatoms. The Morgan fingerprint density at radius 3 is 2.89 bits per heavy atom. The smallest absolute Gasteiger partial charge is 0.225 e. The van der Waals surface area contributed by atoms with Crippen molar-refractivity contribution in [3.63, 3.8) is 0 Å². The Morgan fingerprint density at radius 2 is 2.11 bits per heavy atom. The molecule has 0 radical (unpaired) electrons. The molecule has 146 valence electrons. The molecule has 4 rings (SSSR count). The van der Waals surface area contributed by atoms with Crippen LogP contribution in [0.1, 0.15) is 31.4 Å². The maximum absolute atomic E-state index is 12.8. The largest absolute Gasteiger partial charge is 0.497 e. The number of benzene rings is 2. The summed E-state index contributed by atoms with van der Waals surface area (Å²) >= 11 is 1.66. The summed E-state index contributed by atoms with van der Waals surface area (Å²) < 4.78 is 6.42. The normalized spacial score (nSPS) is 18.1. The molecule has 5 nitrogen and oxygen atoms in total. The van der Waals surface area contributed by atoms with E-state index in [4.69, 9.17) is 9.72 Å². The highest BCUT2D eigenvalue weighted by Gasteiger charge is 2.28. The summed E-state index contributed by atoms with van der Waals surface area (Å²) in [5, 5.41) is 4.16. The van der Waals surface area contributed by atoms with Gasteiger partial charge in [0.1, 0.15) is 5.75 Å². The molecule has 2 aromatic carbocycles. The molecule has 0 spiro atoms. The molecule has 1 aliphatic rings. The topological polar surface area (TPSA) is 54.5 Å². The van der Waals surface area contributed by atoms with Crippen molar-refractivity contribution < 1.29 is 9.53 Å². The van der Waals surface area contributed by atoms with Gasteiger partial charge in [0.05, 0.1) is 29.3 Å². The standard InChI is InChI=1S/C22H25N3O2S/c1-15(16-7-4-3-5-8-16)23-21(26)17-9-6-12-25(14-17)22-24-19-11-10-18(27-2)13-20(19)28-22/h3-5,7-8,10-11,13,15,17H,6,9,12,14H2,1-2H3,(H,23,26)/t15-,17+/m0/s1. The lowest BCUT2D eigenvalue weighted by molar-refractivity contribution is -0.125. The molecule has 0 saturated carbocycles. The lowest BCUT2D eigenvalue weighted by atomic mass is 9.96. The summed E-state index contributed by atoms with van der Waals surface area (Å²) in [6.45, 7) is 3.69. The third kappa shape index (κ3) is 3.97. The number of piperidine rings is 1. The highest BCUT2D eigenvalue weighted by atomic mass is 32.1. The lowest BCUT2D eigenvalue weighted by Gasteiger charge is -2.32. The Hall–Kier alpha value is -2.60. The van der Waals surface area contributed by atoms with E-state index in [9.17, 15) is 4.79 Å². The number of thiazole rings is 1. The zero-order valence-corrected chi connectivity index (χ0v) is 17.0. The van der Waals surface area contributed by atoms with E-state index in [2.05, 4.69) is 10.2 Å². The SMILES string of the molecule is COc1ccc2nc(N3CCC[C@@H](C(=O)N[C@@H](C)c4ccccc4)C3)sc2c1. The van der Waals surface area contributed by atoms with Gasteiger partial charge in [-0.1, -0.05) is 41.7 Å². The molecule has 1 N–H and O–H groups in total. The van der Waals surface area contributed by atoms with E-state index in [-0.39, 0.29) is 17.9 Å². The number of aromatic nitrogens is 1. The fourth-order valence-corrected chi connectivity index (χ4v) is 4.71. The molecule has 1 aromatic heterocycles. The summed E-state index contributed by atoms with van der Waals surface area (Å²) in [4.78, 5) is 19.9. The van der Waals surface area contributed by atoms with Gasteiger partial charge < -0.3 is 15.0 Å². The van der Waals surface area contributed by atoms with Gasteiger partial charge in [0.25, 0.3) is 0 Å². The molecule has 2 heterocycles. The van der Waals surface area contributed by atoms with Gasteiger partial charge in [-0.25, -0.2) is 4.98 Å². The minimum absolute atomic E-state index is 0.0125. The number of ether oxygens (including phenoxy) is 1. The molecule has 2 atom stereocenters. The van der Waals surface area contributed by atoms with Crippen LogP contribution in [0.5, 0.6) is 5.75 Å². The Balaban J connectivity index is 1.44. The first-order valence-corrected chi connectivity index (χ1v) is 10.5. The first-order chi connectivity index (χ1) is 13.6. The zero-order chi connectivity index (χ0) is 19.5. The van der Waals surface area contributed by atoms with Crippen LogP contribution in [0.2, 0.25) is 0 Å². The second kappa shape index (κ2) is 8.19. The van der Waals surface area contributed by atoms with E-state index >= 15 is 0 Å². The second-order valence-corrected chi connectivity index (χ2v) is 8.27. The van der Waals surface area contributed by atoms with Crippen molar-refractivity contribution in [3.05, 3.63) is 54.1 Å². The van der Waals surface area contributed by atoms with Crippen LogP contribution >= 0.6 is 11.3 Å². The van der Waals surface area contributed by atoms with Crippen molar-refractivity contribution in [1.82, 2.24) is 10.3 Å². The fourth-order valence-electron chi connectivity index (χ4n) is 3.68. The number of hydrogen-bond acceptors (Lipinski definition) is 5. The summed E-state index contributed by atoms with van der Waals surface area (Å²) in [7, 11) is 1.67. The van der Waals surface area contributed by atoms with Crippen LogP contribution in [0, 0.1) is 5.92 Å². The number of carbonyl (C=O) groups is 1. The molecule has 0 bridgehead atoms. The van der Waals surface area contributed by atoms with Gasteiger partial charge in [-0.3, -0.25) is 4.79 Å². The molecule has 1 aliphatic heterocycles. The van der Waals surface area contributed by atoms with Crippen molar-refractivity contribution >= 4 is 32.6 Å². The number of hydrogen-bond donors (Lipinski definition) is 1. The van der Waals surface area contributed by atoms with Gasteiger partial charge in [-0.2, -0.15) is 0 Å². The minimum Gasteiger partial charge on any atom is -0.497 e. The first-order valence-electron chi connectivity index (χ1n) is 9.69. The Kier molecular flexibility index (Phi) is 5.48. The highest BCUT2D eigenvalue weighted by molar-refractivity contribution is 7.22. The van der Waals surface area contributed by atoms with Crippen LogP contribution in [0.4, 0.5) is 5.13 Å². The molecule has 3 aromatic rings. The van der Waals surface area contributed by atoms with Gasteiger partial charge in [0.15, 0.2) is 5.13 Å². The van der Waals surface area contributed by atoms with Crippen LogP contribution in [0.3, 0.4) is 0 Å². The van der Waals surface area contributed by atoms with Gasteiger partial charge in [-0.05, 0) is 43.5 Å². The third-order valence-corrected chi connectivity index (χ3v) is 6.38. The van der Waals surface area contributed by atoms with Gasteiger partial charge in [0, 0.05) is 13.1 Å². The number of amides is 1. The average molecular weight is 396 g/mol. The van der Waals surface area contributed by atoms with Crippen molar-refractivity contribution in [1.29, 1.82) is 0 Å². The minimum atomic E-state index is -0.0125. The predicted octanol–water partition coefficient (Wildman–Crippen LogP) is 4.40. The van der Waals surface area contributed by atoms with Gasteiger partial charge in [0.2, 0.25) is 5.91 Å². The summed E-state index contributed by atoms with van der Waals surface area (Å²) in [5.41, 5.74) is 2.11. The van der Waals surface area contributed by atoms with E-state index in [1.807, 2.05) is 55.5 Å². The fraction of sp³-hybridized carbons (Fsp3) is 0.364. The maximum Gasteiger partial charge on any atom is 0.225 e. The van der Waals surface area contributed by atoms with Crippen LogP contribution in [-0.4, -0.2) is 31.1 Å². The number of carbonyl (C=O) groups excluding carboxylic acids is 1. The van der Waals surface area contributed by atoms with Crippen LogP contribution < -0.4 is 15.0 Å². The van der Waals surface area contributed by atoms with E-state index in [0.717, 1.165) is 46.0 Å². The highest BCUT2D eigenvalue weighted by Crippen LogP contribution is 2.33. The van der Waals surface area contributed by atoms with Gasteiger partial charge in [-0.15, -0.1) is 0 Å². The van der Waals surface area contributed by atoms with Crippen LogP contribution in [0.25, 0.3) is 10.2 Å².